The van der Waals surface area contributed by atoms with E-state index in [-0.39, 0.29) is 17.8 Å². The van der Waals surface area contributed by atoms with Crippen LogP contribution in [0.5, 0.6) is 11.5 Å². The first-order valence-electron chi connectivity index (χ1n) is 8.06. The number of guanidine groups is 1. The zero-order valence-corrected chi connectivity index (χ0v) is 14.6. The normalized spacial score (nSPS) is 10.3. The monoisotopic (exact) mass is 355 g/mol. The first kappa shape index (κ1) is 19.0. The molecule has 0 aliphatic rings. The third-order valence-corrected chi connectivity index (χ3v) is 3.20. The molecule has 0 bridgehead atoms. The van der Waals surface area contributed by atoms with Crippen LogP contribution < -0.4 is 20.9 Å². The lowest BCUT2D eigenvalue weighted by atomic mass is 10.1. The Bertz CT molecular complexity index is 793. The van der Waals surface area contributed by atoms with Gasteiger partial charge in [-0.15, -0.1) is 0 Å². The highest BCUT2D eigenvalue weighted by atomic mass is 16.5. The molecule has 0 fully saturated rings. The highest BCUT2D eigenvalue weighted by molar-refractivity contribution is 5.91. The van der Waals surface area contributed by atoms with Gasteiger partial charge in [0.05, 0.1) is 11.3 Å². The first-order chi connectivity index (χ1) is 12.3. The van der Waals surface area contributed by atoms with Gasteiger partial charge in [0.15, 0.2) is 5.96 Å². The van der Waals surface area contributed by atoms with Crippen LogP contribution in [-0.2, 0) is 4.79 Å². The van der Waals surface area contributed by atoms with Crippen LogP contribution in [0.2, 0.25) is 0 Å². The van der Waals surface area contributed by atoms with E-state index in [0.29, 0.717) is 29.2 Å². The van der Waals surface area contributed by atoms with Gasteiger partial charge >= 0.3 is 11.9 Å². The van der Waals surface area contributed by atoms with Gasteiger partial charge in [0.2, 0.25) is 0 Å². The van der Waals surface area contributed by atoms with E-state index in [9.17, 15) is 9.59 Å². The molecule has 2 aromatic carbocycles. The quantitative estimate of drug-likeness (QED) is 0.356. The Balaban J connectivity index is 1.96. The fourth-order valence-electron chi connectivity index (χ4n) is 2.07. The minimum atomic E-state index is -0.522. The van der Waals surface area contributed by atoms with Crippen LogP contribution >= 0.6 is 0 Å². The van der Waals surface area contributed by atoms with E-state index in [1.807, 2.05) is 13.8 Å². The van der Waals surface area contributed by atoms with Crippen molar-refractivity contribution in [3.8, 4) is 11.5 Å². The van der Waals surface area contributed by atoms with Crippen molar-refractivity contribution in [2.75, 3.05) is 0 Å². The maximum atomic E-state index is 12.1. The Morgan fingerprint density at radius 1 is 0.923 bits per heavy atom. The number of hydrogen-bond donors (Lipinski definition) is 2. The molecule has 136 valence electrons. The summed E-state index contributed by atoms with van der Waals surface area (Å²) in [4.78, 5) is 27.6. The van der Waals surface area contributed by atoms with E-state index in [2.05, 4.69) is 4.99 Å². The summed E-state index contributed by atoms with van der Waals surface area (Å²) in [6.45, 7) is 3.88. The van der Waals surface area contributed by atoms with E-state index in [1.165, 1.54) is 0 Å². The van der Waals surface area contributed by atoms with Gasteiger partial charge in [-0.1, -0.05) is 13.8 Å². The molecule has 0 unspecified atom stereocenters. The second-order valence-corrected chi connectivity index (χ2v) is 6.02. The molecule has 0 aliphatic carbocycles. The fourth-order valence-corrected chi connectivity index (χ4v) is 2.07. The van der Waals surface area contributed by atoms with Gasteiger partial charge in [0.1, 0.15) is 11.5 Å². The van der Waals surface area contributed by atoms with Crippen molar-refractivity contribution >= 4 is 23.6 Å². The Morgan fingerprint density at radius 3 is 1.96 bits per heavy atom. The van der Waals surface area contributed by atoms with E-state index in [4.69, 9.17) is 20.9 Å². The van der Waals surface area contributed by atoms with E-state index < -0.39 is 5.97 Å². The van der Waals surface area contributed by atoms with Gasteiger partial charge in [-0.3, -0.25) is 4.79 Å². The number of nitrogens with two attached hydrogens (primary N) is 2. The number of hydrogen-bond acceptors (Lipinski definition) is 5. The van der Waals surface area contributed by atoms with Gasteiger partial charge in [0.25, 0.3) is 0 Å². The van der Waals surface area contributed by atoms with Crippen molar-refractivity contribution in [2.24, 2.45) is 22.4 Å². The third-order valence-electron chi connectivity index (χ3n) is 3.20. The highest BCUT2D eigenvalue weighted by Gasteiger charge is 2.10. The van der Waals surface area contributed by atoms with Crippen molar-refractivity contribution in [1.29, 1.82) is 0 Å². The summed E-state index contributed by atoms with van der Waals surface area (Å²) in [5, 5.41) is 0. The molecular formula is C19H21N3O4. The molecule has 0 aromatic heterocycles. The number of ether oxygens (including phenoxy) is 2. The van der Waals surface area contributed by atoms with Crippen LogP contribution in [0.15, 0.2) is 53.5 Å². The number of carbonyl (C=O) groups is 2. The lowest BCUT2D eigenvalue weighted by Gasteiger charge is -2.08. The largest absolute Gasteiger partial charge is 0.427 e. The second-order valence-electron chi connectivity index (χ2n) is 6.02. The van der Waals surface area contributed by atoms with E-state index >= 15 is 0 Å². The van der Waals surface area contributed by atoms with Gasteiger partial charge in [-0.25, -0.2) is 9.79 Å². The van der Waals surface area contributed by atoms with Crippen LogP contribution in [0.25, 0.3) is 0 Å². The molecule has 0 aliphatic heterocycles. The van der Waals surface area contributed by atoms with Crippen LogP contribution in [-0.4, -0.2) is 17.9 Å². The Kier molecular flexibility index (Phi) is 6.32. The van der Waals surface area contributed by atoms with Crippen molar-refractivity contribution in [2.45, 2.75) is 20.3 Å². The van der Waals surface area contributed by atoms with Crippen LogP contribution in [0.3, 0.4) is 0 Å². The number of carbonyl (C=O) groups excluding carboxylic acids is 2. The molecule has 0 radical (unpaired) electrons. The zero-order valence-electron chi connectivity index (χ0n) is 14.6. The van der Waals surface area contributed by atoms with Gasteiger partial charge in [0, 0.05) is 6.42 Å². The number of rotatable bonds is 6. The lowest BCUT2D eigenvalue weighted by Crippen LogP contribution is -2.21. The molecule has 7 nitrogen and oxygen atoms in total. The zero-order chi connectivity index (χ0) is 19.1. The molecule has 0 amide bonds. The summed E-state index contributed by atoms with van der Waals surface area (Å²) in [5.41, 5.74) is 11.5. The van der Waals surface area contributed by atoms with E-state index in [0.717, 1.165) is 0 Å². The van der Waals surface area contributed by atoms with Crippen molar-refractivity contribution in [1.82, 2.24) is 0 Å². The number of benzene rings is 2. The summed E-state index contributed by atoms with van der Waals surface area (Å²) in [7, 11) is 0. The summed E-state index contributed by atoms with van der Waals surface area (Å²) in [6.07, 6.45) is 0.340. The number of nitrogens with zero attached hydrogens (tertiary/aromatic N) is 1. The number of aliphatic imine (C=N–C) groups is 1. The Morgan fingerprint density at radius 2 is 1.46 bits per heavy atom. The average Bonchev–Trinajstić information content (AvgIpc) is 2.56. The maximum absolute atomic E-state index is 12.1. The van der Waals surface area contributed by atoms with Crippen molar-refractivity contribution < 1.29 is 19.1 Å². The topological polar surface area (TPSA) is 117 Å². The predicted octanol–water partition coefficient (Wildman–Crippen LogP) is 2.76. The summed E-state index contributed by atoms with van der Waals surface area (Å²) >= 11 is 0. The van der Waals surface area contributed by atoms with Crippen LogP contribution in [0.1, 0.15) is 30.6 Å². The third kappa shape index (κ3) is 5.94. The SMILES string of the molecule is CC(C)CC(=O)Oc1ccc(OC(=O)c2ccc(N=C(N)N)cc2)cc1. The van der Waals surface area contributed by atoms with Crippen molar-refractivity contribution in [3.63, 3.8) is 0 Å². The van der Waals surface area contributed by atoms with Crippen LogP contribution in [0.4, 0.5) is 5.69 Å². The molecular weight excluding hydrogens is 334 g/mol. The average molecular weight is 355 g/mol. The smallest absolute Gasteiger partial charge is 0.343 e. The van der Waals surface area contributed by atoms with Crippen LogP contribution in [0, 0.1) is 5.92 Å². The molecule has 4 N–H and O–H groups in total. The maximum Gasteiger partial charge on any atom is 0.343 e. The summed E-state index contributed by atoms with van der Waals surface area (Å²) in [6, 6.07) is 12.6. The Labute approximate surface area is 151 Å². The fraction of sp³-hybridized carbons (Fsp3) is 0.211. The van der Waals surface area contributed by atoms with E-state index in [1.54, 1.807) is 48.5 Å². The highest BCUT2D eigenvalue weighted by Crippen LogP contribution is 2.20. The predicted molar refractivity (Wildman–Crippen MR) is 98.4 cm³/mol. The van der Waals surface area contributed by atoms with Crippen molar-refractivity contribution in [3.05, 3.63) is 54.1 Å². The van der Waals surface area contributed by atoms with Gasteiger partial charge in [-0.05, 0) is 54.4 Å². The van der Waals surface area contributed by atoms with Gasteiger partial charge < -0.3 is 20.9 Å². The van der Waals surface area contributed by atoms with Gasteiger partial charge in [-0.2, -0.15) is 0 Å². The molecule has 26 heavy (non-hydrogen) atoms. The second kappa shape index (κ2) is 8.66. The molecule has 2 rings (SSSR count). The standard InChI is InChI=1S/C19H21N3O4/c1-12(2)11-17(23)25-15-7-9-16(10-8-15)26-18(24)13-3-5-14(6-4-13)22-19(20)21/h3-10,12H,11H2,1-2H3,(H4,20,21,22). The molecule has 0 saturated carbocycles. The summed E-state index contributed by atoms with van der Waals surface area (Å²) in [5.74, 6) is 0.0796. The first-order valence-corrected chi connectivity index (χ1v) is 8.06. The Hall–Kier alpha value is -3.35. The molecule has 7 heteroatoms. The molecule has 0 atom stereocenters. The lowest BCUT2D eigenvalue weighted by molar-refractivity contribution is -0.135. The summed E-state index contributed by atoms with van der Waals surface area (Å²) < 4.78 is 10.5. The number of esters is 2. The minimum absolute atomic E-state index is 0.0606. The molecule has 0 heterocycles. The minimum Gasteiger partial charge on any atom is -0.427 e. The molecule has 0 spiro atoms. The molecule has 0 saturated heterocycles. The molecule has 2 aromatic rings.